The molecule has 0 spiro atoms. The smallest absolute Gasteiger partial charge is 0.00543 e. The van der Waals surface area contributed by atoms with Crippen molar-refractivity contribution < 1.29 is 0 Å². The van der Waals surface area contributed by atoms with Crippen LogP contribution in [0.4, 0.5) is 0 Å². The van der Waals surface area contributed by atoms with Crippen LogP contribution in [0.2, 0.25) is 0 Å². The van der Waals surface area contributed by atoms with Crippen LogP contribution in [-0.4, -0.2) is 0 Å². The monoisotopic (exact) mass is 430 g/mol. The van der Waals surface area contributed by atoms with Crippen molar-refractivity contribution >= 4 is 12.6 Å². The van der Waals surface area contributed by atoms with E-state index in [2.05, 4.69) is 78.5 Å². The predicted molar refractivity (Wildman–Crippen MR) is 140 cm³/mol. The Balaban J connectivity index is 3.24. The average Bonchev–Trinajstić information content (AvgIpc) is 2.75. The number of hydrogen-bond donors (Lipinski definition) is 1. The molecule has 0 saturated heterocycles. The fourth-order valence-corrected chi connectivity index (χ4v) is 6.09. The van der Waals surface area contributed by atoms with Crippen molar-refractivity contribution in [3.8, 4) is 0 Å². The minimum Gasteiger partial charge on any atom is -0.148 e. The fourth-order valence-electron chi connectivity index (χ4n) is 5.86. The van der Waals surface area contributed by atoms with Crippen molar-refractivity contribution in [2.45, 2.75) is 111 Å². The first-order valence-corrected chi connectivity index (χ1v) is 13.2. The maximum Gasteiger partial charge on any atom is 0.00543 e. The van der Waals surface area contributed by atoms with Gasteiger partial charge < -0.3 is 0 Å². The largest absolute Gasteiger partial charge is 0.148 e. The van der Waals surface area contributed by atoms with E-state index in [1.807, 2.05) is 0 Å². The van der Waals surface area contributed by atoms with Gasteiger partial charge in [-0.2, -0.15) is 0 Å². The molecule has 0 fully saturated rings. The lowest BCUT2D eigenvalue weighted by Crippen LogP contribution is -2.43. The van der Waals surface area contributed by atoms with Gasteiger partial charge in [-0.25, -0.2) is 0 Å². The lowest BCUT2D eigenvalue weighted by molar-refractivity contribution is 0.144. The van der Waals surface area contributed by atoms with Crippen LogP contribution < -0.4 is 0 Å². The van der Waals surface area contributed by atoms with Gasteiger partial charge in [-0.15, -0.1) is 12.6 Å². The molecule has 0 bridgehead atoms. The molecule has 30 heavy (non-hydrogen) atoms. The summed E-state index contributed by atoms with van der Waals surface area (Å²) in [5.41, 5.74) is 1.63. The predicted octanol–water partition coefficient (Wildman–Crippen LogP) is 9.85. The van der Waals surface area contributed by atoms with Gasteiger partial charge in [0.2, 0.25) is 0 Å². The highest BCUT2D eigenvalue weighted by Gasteiger charge is 2.44. The van der Waals surface area contributed by atoms with Crippen molar-refractivity contribution in [1.29, 1.82) is 0 Å². The molecule has 0 aliphatic rings. The lowest BCUT2D eigenvalue weighted by Gasteiger charge is -2.48. The van der Waals surface area contributed by atoms with Crippen LogP contribution in [0.5, 0.6) is 0 Å². The molecule has 0 nitrogen and oxygen atoms in total. The molecule has 0 saturated carbocycles. The molecule has 1 aromatic rings. The standard InChI is InChI=1S/C29H50S/c1-8-17-23(5)22-29(24(6)25(7)30,28-20-13-12-14-21-28)27(11-4)19-16-15-18-26(9-2)10-3/h12-14,20-21,23-24,26-27,30H,7-11,15-19,22H2,1-6H3. The zero-order chi connectivity index (χ0) is 22.6. The summed E-state index contributed by atoms with van der Waals surface area (Å²) >= 11 is 4.81. The van der Waals surface area contributed by atoms with Crippen LogP contribution in [0.25, 0.3) is 0 Å². The van der Waals surface area contributed by atoms with Gasteiger partial charge in [-0.1, -0.05) is 130 Å². The van der Waals surface area contributed by atoms with Crippen LogP contribution in [0.1, 0.15) is 111 Å². The molecule has 1 heteroatoms. The molecule has 1 aromatic carbocycles. The van der Waals surface area contributed by atoms with Gasteiger partial charge in [0.1, 0.15) is 0 Å². The Kier molecular flexibility index (Phi) is 13.1. The Morgan fingerprint density at radius 1 is 0.900 bits per heavy atom. The van der Waals surface area contributed by atoms with Gasteiger partial charge in [-0.3, -0.25) is 0 Å². The number of allylic oxidation sites excluding steroid dienone is 1. The molecule has 0 radical (unpaired) electrons. The maximum absolute atomic E-state index is 4.81. The second-order valence-electron chi connectivity index (χ2n) is 9.79. The van der Waals surface area contributed by atoms with E-state index < -0.39 is 0 Å². The van der Waals surface area contributed by atoms with Crippen molar-refractivity contribution in [1.82, 2.24) is 0 Å². The number of hydrogen-bond acceptors (Lipinski definition) is 1. The highest BCUT2D eigenvalue weighted by molar-refractivity contribution is 7.84. The third-order valence-corrected chi connectivity index (χ3v) is 8.23. The van der Waals surface area contributed by atoms with Gasteiger partial charge in [-0.05, 0) is 47.0 Å². The van der Waals surface area contributed by atoms with Crippen LogP contribution in [-0.2, 0) is 5.41 Å². The summed E-state index contributed by atoms with van der Waals surface area (Å²) in [6.45, 7) is 18.6. The van der Waals surface area contributed by atoms with E-state index in [0.717, 1.165) is 10.8 Å². The third kappa shape index (κ3) is 7.47. The second-order valence-corrected chi connectivity index (χ2v) is 10.4. The molecule has 0 amide bonds. The molecule has 0 aliphatic carbocycles. The van der Waals surface area contributed by atoms with Crippen LogP contribution in [0.15, 0.2) is 41.8 Å². The molecule has 1 rings (SSSR count). The molecule has 0 N–H and O–H groups in total. The van der Waals surface area contributed by atoms with E-state index in [4.69, 9.17) is 12.6 Å². The minimum absolute atomic E-state index is 0.123. The van der Waals surface area contributed by atoms with Crippen molar-refractivity contribution in [2.75, 3.05) is 0 Å². The van der Waals surface area contributed by atoms with Crippen LogP contribution in [0, 0.1) is 23.7 Å². The average molecular weight is 431 g/mol. The molecule has 0 aromatic heterocycles. The van der Waals surface area contributed by atoms with E-state index in [1.165, 1.54) is 69.8 Å². The van der Waals surface area contributed by atoms with Gasteiger partial charge in [0.05, 0.1) is 0 Å². The highest BCUT2D eigenvalue weighted by Crippen LogP contribution is 2.51. The Morgan fingerprint density at radius 2 is 1.50 bits per heavy atom. The van der Waals surface area contributed by atoms with E-state index >= 15 is 0 Å². The summed E-state index contributed by atoms with van der Waals surface area (Å²) in [6, 6.07) is 11.3. The Bertz CT molecular complexity index is 573. The van der Waals surface area contributed by atoms with Gasteiger partial charge in [0, 0.05) is 5.41 Å². The molecule has 0 aliphatic heterocycles. The first-order valence-electron chi connectivity index (χ1n) is 12.8. The Morgan fingerprint density at radius 3 is 2.00 bits per heavy atom. The first kappa shape index (κ1) is 27.3. The van der Waals surface area contributed by atoms with Crippen LogP contribution >= 0.6 is 12.6 Å². The first-order chi connectivity index (χ1) is 14.4. The normalized spacial score (nSPS) is 16.8. The Labute approximate surface area is 194 Å². The van der Waals surface area contributed by atoms with Crippen molar-refractivity contribution in [3.63, 3.8) is 0 Å². The zero-order valence-corrected chi connectivity index (χ0v) is 21.8. The van der Waals surface area contributed by atoms with Crippen molar-refractivity contribution in [2.24, 2.45) is 23.7 Å². The molecule has 0 heterocycles. The van der Waals surface area contributed by atoms with E-state index in [1.54, 1.807) is 0 Å². The maximum atomic E-state index is 4.81. The summed E-state index contributed by atoms with van der Waals surface area (Å²) in [5, 5.41) is 0. The summed E-state index contributed by atoms with van der Waals surface area (Å²) in [5.74, 6) is 2.65. The summed E-state index contributed by atoms with van der Waals surface area (Å²) in [4.78, 5) is 1.04. The SMILES string of the molecule is C=C(S)C(C)C(CC(C)CCC)(c1ccccc1)C(CC)CCCCC(CC)CC. The number of unbranched alkanes of at least 4 members (excludes halogenated alkanes) is 1. The highest BCUT2D eigenvalue weighted by atomic mass is 32.1. The van der Waals surface area contributed by atoms with Gasteiger partial charge in [0.25, 0.3) is 0 Å². The lowest BCUT2D eigenvalue weighted by atomic mass is 9.57. The minimum atomic E-state index is 0.123. The fraction of sp³-hybridized carbons (Fsp3) is 0.724. The number of rotatable bonds is 16. The van der Waals surface area contributed by atoms with Crippen LogP contribution in [0.3, 0.4) is 0 Å². The number of benzene rings is 1. The van der Waals surface area contributed by atoms with Gasteiger partial charge in [0.15, 0.2) is 0 Å². The second kappa shape index (κ2) is 14.4. The molecular weight excluding hydrogens is 380 g/mol. The van der Waals surface area contributed by atoms with E-state index in [-0.39, 0.29) is 5.41 Å². The summed E-state index contributed by atoms with van der Waals surface area (Å²) in [6.07, 6.45) is 13.1. The summed E-state index contributed by atoms with van der Waals surface area (Å²) in [7, 11) is 0. The van der Waals surface area contributed by atoms with E-state index in [0.29, 0.717) is 17.8 Å². The van der Waals surface area contributed by atoms with Crippen molar-refractivity contribution in [3.05, 3.63) is 47.4 Å². The molecule has 172 valence electrons. The third-order valence-electron chi connectivity index (χ3n) is 7.84. The quantitative estimate of drug-likeness (QED) is 0.196. The zero-order valence-electron chi connectivity index (χ0n) is 20.9. The molecular formula is C29H50S. The Hall–Kier alpha value is -0.690. The van der Waals surface area contributed by atoms with Gasteiger partial charge >= 0.3 is 0 Å². The van der Waals surface area contributed by atoms with E-state index in [9.17, 15) is 0 Å². The number of thiol groups is 1. The molecule has 4 unspecified atom stereocenters. The molecule has 4 atom stereocenters. The topological polar surface area (TPSA) is 0 Å². The summed E-state index contributed by atoms with van der Waals surface area (Å²) < 4.78 is 0.